The lowest BCUT2D eigenvalue weighted by molar-refractivity contribution is -0.136. The number of carbonyl (C=O) groups excluding carboxylic acids is 1. The Bertz CT molecular complexity index is 923. The van der Waals surface area contributed by atoms with Gasteiger partial charge in [-0.3, -0.25) is 4.99 Å². The number of hydrogen-bond acceptors (Lipinski definition) is 6. The van der Waals surface area contributed by atoms with E-state index in [0.29, 0.717) is 17.0 Å². The fourth-order valence-electron chi connectivity index (χ4n) is 2.99. The molecular weight excluding hydrogens is 377 g/mol. The Labute approximate surface area is 158 Å². The van der Waals surface area contributed by atoms with E-state index in [0.717, 1.165) is 23.5 Å². The van der Waals surface area contributed by atoms with Gasteiger partial charge in [0.2, 0.25) is 0 Å². The average molecular weight is 392 g/mol. The van der Waals surface area contributed by atoms with E-state index in [4.69, 9.17) is 16.3 Å². The molecule has 1 atom stereocenters. The smallest absolute Gasteiger partial charge is 0.338 e. The Morgan fingerprint density at radius 2 is 2.23 bits per heavy atom. The molecule has 1 aromatic heterocycles. The van der Waals surface area contributed by atoms with Crippen molar-refractivity contribution in [2.24, 2.45) is 10.9 Å². The summed E-state index contributed by atoms with van der Waals surface area (Å²) in [7, 11) is 1.34. The van der Waals surface area contributed by atoms with E-state index in [9.17, 15) is 9.18 Å². The van der Waals surface area contributed by atoms with Crippen molar-refractivity contribution >= 4 is 34.7 Å². The predicted octanol–water partition coefficient (Wildman–Crippen LogP) is 3.86. The summed E-state index contributed by atoms with van der Waals surface area (Å²) >= 11 is 7.72. The minimum atomic E-state index is -0.675. The fraction of sp³-hybridized carbons (Fsp3) is 0.278. The molecule has 1 N–H and O–H groups in total. The van der Waals surface area contributed by atoms with E-state index < -0.39 is 17.8 Å². The van der Waals surface area contributed by atoms with Gasteiger partial charge in [0, 0.05) is 27.9 Å². The fourth-order valence-corrected chi connectivity index (χ4v) is 3.85. The number of benzene rings is 1. The summed E-state index contributed by atoms with van der Waals surface area (Å²) in [4.78, 5) is 21.5. The van der Waals surface area contributed by atoms with Gasteiger partial charge in [-0.05, 0) is 30.9 Å². The third-order valence-corrected chi connectivity index (χ3v) is 5.46. The SMILES string of the molecule is COC(=O)C1=C(C2CC2)NC(c2nccs2)=NC1c1ccc(F)cc1Cl. The topological polar surface area (TPSA) is 63.6 Å². The summed E-state index contributed by atoms with van der Waals surface area (Å²) in [5.41, 5.74) is 1.77. The van der Waals surface area contributed by atoms with Crippen molar-refractivity contribution in [3.8, 4) is 0 Å². The lowest BCUT2D eigenvalue weighted by Crippen LogP contribution is -2.34. The van der Waals surface area contributed by atoms with Crippen LogP contribution in [0.25, 0.3) is 0 Å². The molecule has 1 aliphatic carbocycles. The third-order valence-electron chi connectivity index (χ3n) is 4.36. The summed E-state index contributed by atoms with van der Waals surface area (Å²) in [6.45, 7) is 0. The van der Waals surface area contributed by atoms with E-state index in [1.54, 1.807) is 12.3 Å². The number of ether oxygens (including phenoxy) is 1. The molecule has 1 fully saturated rings. The Balaban J connectivity index is 1.88. The van der Waals surface area contributed by atoms with E-state index in [-0.39, 0.29) is 10.9 Å². The summed E-state index contributed by atoms with van der Waals surface area (Å²) in [5, 5.41) is 6.07. The van der Waals surface area contributed by atoms with E-state index in [2.05, 4.69) is 15.3 Å². The van der Waals surface area contributed by atoms with Crippen LogP contribution in [0.4, 0.5) is 4.39 Å². The number of rotatable bonds is 4. The molecule has 1 aromatic carbocycles. The quantitative estimate of drug-likeness (QED) is 0.804. The highest BCUT2D eigenvalue weighted by Crippen LogP contribution is 2.44. The second-order valence-corrected chi connectivity index (χ2v) is 7.40. The van der Waals surface area contributed by atoms with Crippen LogP contribution in [0.3, 0.4) is 0 Å². The number of halogens is 2. The van der Waals surface area contributed by atoms with E-state index >= 15 is 0 Å². The molecule has 0 amide bonds. The molecule has 5 nitrogen and oxygen atoms in total. The Kier molecular flexibility index (Phi) is 4.50. The van der Waals surface area contributed by atoms with Crippen molar-refractivity contribution in [3.05, 3.63) is 62.5 Å². The lowest BCUT2D eigenvalue weighted by atomic mass is 9.94. The molecule has 8 heteroatoms. The zero-order chi connectivity index (χ0) is 18.3. The molecule has 2 heterocycles. The highest BCUT2D eigenvalue weighted by Gasteiger charge is 2.39. The Morgan fingerprint density at radius 3 is 2.85 bits per heavy atom. The van der Waals surface area contributed by atoms with Crippen molar-refractivity contribution in [2.75, 3.05) is 7.11 Å². The summed E-state index contributed by atoms with van der Waals surface area (Å²) in [5.74, 6) is -0.0780. The van der Waals surface area contributed by atoms with E-state index in [1.807, 2.05) is 5.38 Å². The minimum absolute atomic E-state index is 0.218. The predicted molar refractivity (Wildman–Crippen MR) is 97.7 cm³/mol. The maximum atomic E-state index is 13.5. The number of nitrogens with one attached hydrogen (secondary N) is 1. The van der Waals surface area contributed by atoms with Gasteiger partial charge in [-0.2, -0.15) is 0 Å². The first-order valence-corrected chi connectivity index (χ1v) is 9.36. The van der Waals surface area contributed by atoms with Crippen molar-refractivity contribution < 1.29 is 13.9 Å². The summed E-state index contributed by atoms with van der Waals surface area (Å²) in [6, 6.07) is 3.42. The van der Waals surface area contributed by atoms with Crippen LogP contribution in [-0.4, -0.2) is 23.9 Å². The molecule has 1 aliphatic heterocycles. The lowest BCUT2D eigenvalue weighted by Gasteiger charge is -2.27. The van der Waals surface area contributed by atoms with Gasteiger partial charge in [0.15, 0.2) is 10.8 Å². The third kappa shape index (κ3) is 3.12. The summed E-state index contributed by atoms with van der Waals surface area (Å²) < 4.78 is 18.5. The molecule has 2 aliphatic rings. The second-order valence-electron chi connectivity index (χ2n) is 6.10. The Hall–Kier alpha value is -2.25. The van der Waals surface area contributed by atoms with Gasteiger partial charge in [0.1, 0.15) is 11.9 Å². The highest BCUT2D eigenvalue weighted by atomic mass is 35.5. The van der Waals surface area contributed by atoms with Crippen LogP contribution in [0.5, 0.6) is 0 Å². The van der Waals surface area contributed by atoms with E-state index in [1.165, 1.54) is 30.6 Å². The van der Waals surface area contributed by atoms with Gasteiger partial charge in [-0.25, -0.2) is 14.2 Å². The molecule has 0 radical (unpaired) electrons. The first kappa shape index (κ1) is 17.2. The van der Waals surface area contributed by atoms with Crippen molar-refractivity contribution in [1.82, 2.24) is 10.3 Å². The van der Waals surface area contributed by atoms with Crippen LogP contribution >= 0.6 is 22.9 Å². The largest absolute Gasteiger partial charge is 0.466 e. The first-order valence-electron chi connectivity index (χ1n) is 8.10. The van der Waals surface area contributed by atoms with Crippen LogP contribution < -0.4 is 5.32 Å². The van der Waals surface area contributed by atoms with Crippen LogP contribution in [0.1, 0.15) is 29.5 Å². The zero-order valence-corrected chi connectivity index (χ0v) is 15.4. The number of hydrogen-bond donors (Lipinski definition) is 1. The van der Waals surface area contributed by atoms with Gasteiger partial charge < -0.3 is 10.1 Å². The van der Waals surface area contributed by atoms with Crippen LogP contribution in [0, 0.1) is 11.7 Å². The average Bonchev–Trinajstić information content (AvgIpc) is 3.34. The van der Waals surface area contributed by atoms with Gasteiger partial charge in [0.05, 0.1) is 12.7 Å². The van der Waals surface area contributed by atoms with Crippen LogP contribution in [0.2, 0.25) is 5.02 Å². The number of thiazole rings is 1. The molecular formula is C18H15ClFN3O2S. The second kappa shape index (κ2) is 6.81. The maximum Gasteiger partial charge on any atom is 0.338 e. The number of aliphatic imine (C=N–C) groups is 1. The van der Waals surface area contributed by atoms with Crippen molar-refractivity contribution in [2.45, 2.75) is 18.9 Å². The molecule has 0 saturated heterocycles. The van der Waals surface area contributed by atoms with Gasteiger partial charge in [-0.15, -0.1) is 11.3 Å². The molecule has 0 bridgehead atoms. The Morgan fingerprint density at radius 1 is 1.42 bits per heavy atom. The normalized spacial score (nSPS) is 19.8. The van der Waals surface area contributed by atoms with Gasteiger partial charge in [-0.1, -0.05) is 17.7 Å². The van der Waals surface area contributed by atoms with Gasteiger partial charge >= 0.3 is 5.97 Å². The number of carbonyl (C=O) groups is 1. The molecule has 1 saturated carbocycles. The number of amidine groups is 1. The zero-order valence-electron chi connectivity index (χ0n) is 13.8. The molecule has 26 heavy (non-hydrogen) atoms. The number of esters is 1. The maximum absolute atomic E-state index is 13.5. The minimum Gasteiger partial charge on any atom is -0.466 e. The van der Waals surface area contributed by atoms with Gasteiger partial charge in [0.25, 0.3) is 0 Å². The number of methoxy groups -OCH3 is 1. The summed E-state index contributed by atoms with van der Waals surface area (Å²) in [6.07, 6.45) is 3.66. The van der Waals surface area contributed by atoms with Crippen LogP contribution in [0.15, 0.2) is 46.0 Å². The molecule has 0 spiro atoms. The van der Waals surface area contributed by atoms with Crippen molar-refractivity contribution in [1.29, 1.82) is 0 Å². The standard InChI is InChI=1S/C18H15ClFN3O2S/c1-25-18(24)13-14(9-2-3-9)22-16(17-21-6-7-26-17)23-15(13)11-5-4-10(20)8-12(11)19/h4-9,15H,2-3H2,1H3,(H,22,23). The van der Waals surface area contributed by atoms with Crippen LogP contribution in [-0.2, 0) is 9.53 Å². The number of allylic oxidation sites excluding steroid dienone is 1. The monoisotopic (exact) mass is 391 g/mol. The molecule has 134 valence electrons. The highest BCUT2D eigenvalue weighted by molar-refractivity contribution is 7.11. The van der Waals surface area contributed by atoms with Crippen molar-refractivity contribution in [3.63, 3.8) is 0 Å². The molecule has 4 rings (SSSR count). The molecule has 2 aromatic rings. The number of nitrogens with zero attached hydrogens (tertiary/aromatic N) is 2. The first-order chi connectivity index (χ1) is 12.6. The molecule has 1 unspecified atom stereocenters. The number of aromatic nitrogens is 1.